The zero-order valence-electron chi connectivity index (χ0n) is 18.2. The number of carbonyl (C=O) groups is 1. The van der Waals surface area contributed by atoms with Gasteiger partial charge in [0.05, 0.1) is 31.6 Å². The van der Waals surface area contributed by atoms with E-state index in [0.717, 1.165) is 34.6 Å². The summed E-state index contributed by atoms with van der Waals surface area (Å²) < 4.78 is 11.3. The third-order valence-electron chi connectivity index (χ3n) is 6.32. The quantitative estimate of drug-likeness (QED) is 0.562. The summed E-state index contributed by atoms with van der Waals surface area (Å²) >= 11 is 0. The number of para-hydroxylation sites is 3. The van der Waals surface area contributed by atoms with Gasteiger partial charge in [-0.3, -0.25) is 4.79 Å². The van der Waals surface area contributed by atoms with E-state index in [1.54, 1.807) is 14.2 Å². The number of anilines is 2. The number of ketones is 1. The van der Waals surface area contributed by atoms with E-state index in [4.69, 9.17) is 9.47 Å². The maximum absolute atomic E-state index is 13.6. The Hall–Kier alpha value is -3.73. The molecule has 5 rings (SSSR count). The number of Topliss-reactive ketones (excluding diaryl/α,β-unsaturated/α-hetero) is 1. The molecule has 2 N–H and O–H groups in total. The first-order valence-corrected chi connectivity index (χ1v) is 10.8. The minimum absolute atomic E-state index is 0.141. The number of fused-ring (bicyclic) bond motifs is 1. The number of carbonyl (C=O) groups excluding carboxylic acids is 1. The van der Waals surface area contributed by atoms with Crippen molar-refractivity contribution in [1.82, 2.24) is 0 Å². The van der Waals surface area contributed by atoms with Crippen LogP contribution in [0.4, 0.5) is 11.4 Å². The van der Waals surface area contributed by atoms with Gasteiger partial charge in [-0.25, -0.2) is 0 Å². The van der Waals surface area contributed by atoms with Gasteiger partial charge in [0.1, 0.15) is 0 Å². The molecule has 3 aromatic carbocycles. The fourth-order valence-electron chi connectivity index (χ4n) is 4.83. The fourth-order valence-corrected chi connectivity index (χ4v) is 4.83. The summed E-state index contributed by atoms with van der Waals surface area (Å²) in [5.41, 5.74) is 5.70. The van der Waals surface area contributed by atoms with Gasteiger partial charge in [-0.05, 0) is 36.1 Å². The Morgan fingerprint density at radius 3 is 2.31 bits per heavy atom. The number of ether oxygens (including phenoxy) is 2. The molecule has 5 heteroatoms. The van der Waals surface area contributed by atoms with E-state index in [1.807, 2.05) is 60.7 Å². The normalized spacial score (nSPS) is 19.8. The van der Waals surface area contributed by atoms with Gasteiger partial charge in [0, 0.05) is 23.3 Å². The molecule has 1 aliphatic heterocycles. The van der Waals surface area contributed by atoms with Gasteiger partial charge < -0.3 is 20.1 Å². The molecule has 0 saturated heterocycles. The first-order valence-electron chi connectivity index (χ1n) is 10.8. The minimum atomic E-state index is -0.351. The molecule has 1 heterocycles. The summed E-state index contributed by atoms with van der Waals surface area (Å²) in [5.74, 6) is 1.57. The standard InChI is InChI=1S/C27H26N2O3/c1-31-24-14-8-11-19(27(24)32-2)26-25-22(28-20-12-6-7-13-21(20)29-26)15-18(16-23(25)30)17-9-4-3-5-10-17/h3-14,18,26,28-29H,15-16H2,1-2H3/t18-,26-/m1/s1. The molecule has 0 radical (unpaired) electrons. The summed E-state index contributed by atoms with van der Waals surface area (Å²) in [6, 6.07) is 23.8. The molecule has 0 spiro atoms. The third kappa shape index (κ3) is 3.50. The predicted molar refractivity (Wildman–Crippen MR) is 126 cm³/mol. The number of hydrogen-bond donors (Lipinski definition) is 2. The van der Waals surface area contributed by atoms with E-state index in [9.17, 15) is 4.79 Å². The fraction of sp³-hybridized carbons (Fsp3) is 0.222. The van der Waals surface area contributed by atoms with Crippen LogP contribution in [-0.4, -0.2) is 20.0 Å². The van der Waals surface area contributed by atoms with Gasteiger partial charge in [0.15, 0.2) is 17.3 Å². The number of allylic oxidation sites excluding steroid dienone is 1. The van der Waals surface area contributed by atoms with Crippen molar-refractivity contribution in [3.05, 3.63) is 95.2 Å². The van der Waals surface area contributed by atoms with Crippen molar-refractivity contribution in [2.75, 3.05) is 24.9 Å². The van der Waals surface area contributed by atoms with Crippen LogP contribution in [0.1, 0.15) is 35.9 Å². The SMILES string of the molecule is COc1cccc([C@H]2Nc3ccccc3NC3=C2C(=O)C[C@H](c2ccccc2)C3)c1OC. The second-order valence-electron chi connectivity index (χ2n) is 8.16. The zero-order valence-corrected chi connectivity index (χ0v) is 18.2. The average Bonchev–Trinajstić information content (AvgIpc) is 3.00. The van der Waals surface area contributed by atoms with Crippen molar-refractivity contribution >= 4 is 17.2 Å². The molecule has 5 nitrogen and oxygen atoms in total. The van der Waals surface area contributed by atoms with Crippen LogP contribution < -0.4 is 20.1 Å². The Labute approximate surface area is 188 Å². The highest BCUT2D eigenvalue weighted by Crippen LogP contribution is 2.47. The molecule has 0 fully saturated rings. The molecule has 0 amide bonds. The Kier molecular flexibility index (Phi) is 5.31. The molecule has 2 aliphatic rings. The molecule has 162 valence electrons. The Morgan fingerprint density at radius 2 is 1.56 bits per heavy atom. The number of benzene rings is 3. The number of hydrogen-bond acceptors (Lipinski definition) is 5. The van der Waals surface area contributed by atoms with Gasteiger partial charge in [0.25, 0.3) is 0 Å². The summed E-state index contributed by atoms with van der Waals surface area (Å²) in [6.07, 6.45) is 1.25. The summed E-state index contributed by atoms with van der Waals surface area (Å²) in [6.45, 7) is 0. The van der Waals surface area contributed by atoms with Crippen LogP contribution >= 0.6 is 0 Å². The first-order chi connectivity index (χ1) is 15.7. The van der Waals surface area contributed by atoms with E-state index in [0.29, 0.717) is 17.9 Å². The van der Waals surface area contributed by atoms with Crippen molar-refractivity contribution < 1.29 is 14.3 Å². The van der Waals surface area contributed by atoms with Crippen LogP contribution in [0.5, 0.6) is 11.5 Å². The molecule has 0 aromatic heterocycles. The Bertz CT molecular complexity index is 1190. The predicted octanol–water partition coefficient (Wildman–Crippen LogP) is 5.68. The van der Waals surface area contributed by atoms with Crippen LogP contribution in [-0.2, 0) is 4.79 Å². The second kappa shape index (κ2) is 8.42. The van der Waals surface area contributed by atoms with E-state index in [-0.39, 0.29) is 17.7 Å². The summed E-state index contributed by atoms with van der Waals surface area (Å²) in [7, 11) is 3.26. The van der Waals surface area contributed by atoms with E-state index >= 15 is 0 Å². The lowest BCUT2D eigenvalue weighted by molar-refractivity contribution is -0.116. The number of methoxy groups -OCH3 is 2. The molecule has 0 saturated carbocycles. The van der Waals surface area contributed by atoms with Gasteiger partial charge in [-0.1, -0.05) is 54.6 Å². The molecule has 32 heavy (non-hydrogen) atoms. The summed E-state index contributed by atoms with van der Waals surface area (Å²) in [4.78, 5) is 13.6. The van der Waals surface area contributed by atoms with Crippen molar-refractivity contribution in [2.45, 2.75) is 24.8 Å². The lowest BCUT2D eigenvalue weighted by Gasteiger charge is -2.30. The molecular weight excluding hydrogens is 400 g/mol. The smallest absolute Gasteiger partial charge is 0.166 e. The van der Waals surface area contributed by atoms with Crippen LogP contribution in [0, 0.1) is 0 Å². The summed E-state index contributed by atoms with van der Waals surface area (Å²) in [5, 5.41) is 7.19. The second-order valence-corrected chi connectivity index (χ2v) is 8.16. The first kappa shape index (κ1) is 20.2. The van der Waals surface area contributed by atoms with Crippen molar-refractivity contribution in [3.8, 4) is 11.5 Å². The van der Waals surface area contributed by atoms with Gasteiger partial charge in [-0.15, -0.1) is 0 Å². The lowest BCUT2D eigenvalue weighted by atomic mass is 9.78. The van der Waals surface area contributed by atoms with Crippen LogP contribution in [0.2, 0.25) is 0 Å². The van der Waals surface area contributed by atoms with E-state index in [1.165, 1.54) is 5.56 Å². The van der Waals surface area contributed by atoms with E-state index in [2.05, 4.69) is 22.8 Å². The molecule has 0 bridgehead atoms. The highest BCUT2D eigenvalue weighted by atomic mass is 16.5. The van der Waals surface area contributed by atoms with E-state index < -0.39 is 0 Å². The van der Waals surface area contributed by atoms with Crippen LogP contribution in [0.15, 0.2) is 84.1 Å². The van der Waals surface area contributed by atoms with Gasteiger partial charge in [0.2, 0.25) is 0 Å². The molecule has 2 atom stereocenters. The lowest BCUT2D eigenvalue weighted by Crippen LogP contribution is -2.27. The largest absolute Gasteiger partial charge is 0.493 e. The van der Waals surface area contributed by atoms with Crippen molar-refractivity contribution in [3.63, 3.8) is 0 Å². The van der Waals surface area contributed by atoms with Crippen molar-refractivity contribution in [1.29, 1.82) is 0 Å². The minimum Gasteiger partial charge on any atom is -0.493 e. The molecular formula is C27H26N2O3. The Morgan fingerprint density at radius 1 is 0.812 bits per heavy atom. The maximum Gasteiger partial charge on any atom is 0.166 e. The molecule has 0 unspecified atom stereocenters. The van der Waals surface area contributed by atoms with Crippen LogP contribution in [0.25, 0.3) is 0 Å². The number of rotatable bonds is 4. The van der Waals surface area contributed by atoms with Crippen molar-refractivity contribution in [2.24, 2.45) is 0 Å². The highest BCUT2D eigenvalue weighted by molar-refractivity contribution is 6.01. The highest BCUT2D eigenvalue weighted by Gasteiger charge is 2.37. The van der Waals surface area contributed by atoms with Gasteiger partial charge >= 0.3 is 0 Å². The monoisotopic (exact) mass is 426 g/mol. The number of nitrogens with one attached hydrogen (secondary N) is 2. The molecule has 1 aliphatic carbocycles. The van der Waals surface area contributed by atoms with Gasteiger partial charge in [-0.2, -0.15) is 0 Å². The molecule has 3 aromatic rings. The maximum atomic E-state index is 13.6. The van der Waals surface area contributed by atoms with Crippen LogP contribution in [0.3, 0.4) is 0 Å². The third-order valence-corrected chi connectivity index (χ3v) is 6.32. The zero-order chi connectivity index (χ0) is 22.1. The Balaban J connectivity index is 1.66. The topological polar surface area (TPSA) is 59.6 Å². The average molecular weight is 427 g/mol.